The van der Waals surface area contributed by atoms with Crippen molar-refractivity contribution >= 4 is 45.1 Å². The van der Waals surface area contributed by atoms with Crippen LogP contribution in [0.15, 0.2) is 39.4 Å². The van der Waals surface area contributed by atoms with Crippen LogP contribution in [0.1, 0.15) is 0 Å². The molecule has 0 spiro atoms. The zero-order chi connectivity index (χ0) is 9.97. The quantitative estimate of drug-likeness (QED) is 0.743. The Labute approximate surface area is 95.6 Å². The van der Waals surface area contributed by atoms with Crippen LogP contribution in [0.2, 0.25) is 0 Å². The van der Waals surface area contributed by atoms with Crippen molar-refractivity contribution in [2.75, 3.05) is 6.26 Å². The first-order valence-electron chi connectivity index (χ1n) is 4.05. The van der Waals surface area contributed by atoms with E-state index >= 15 is 0 Å². The van der Waals surface area contributed by atoms with Gasteiger partial charge in [0, 0.05) is 4.90 Å². The van der Waals surface area contributed by atoms with E-state index in [-0.39, 0.29) is 0 Å². The molecule has 0 radical (unpaired) electrons. The van der Waals surface area contributed by atoms with Gasteiger partial charge in [0.05, 0.1) is 10.2 Å². The molecule has 1 nitrogen and oxygen atoms in total. The largest absolute Gasteiger partial charge is 0.229 e. The van der Waals surface area contributed by atoms with Crippen molar-refractivity contribution in [3.8, 4) is 0 Å². The van der Waals surface area contributed by atoms with Crippen molar-refractivity contribution in [1.29, 1.82) is 0 Å². The Bertz CT molecular complexity index is 461. The number of nitrogens with zero attached hydrogens (tertiary/aromatic N) is 1. The van der Waals surface area contributed by atoms with Crippen LogP contribution in [-0.2, 0) is 0 Å². The highest BCUT2D eigenvalue weighted by Crippen LogP contribution is 2.31. The Morgan fingerprint density at radius 3 is 3.07 bits per heavy atom. The third-order valence-electron chi connectivity index (χ3n) is 1.76. The lowest BCUT2D eigenvalue weighted by atomic mass is 10.3. The summed E-state index contributed by atoms with van der Waals surface area (Å²) in [6.45, 7) is 3.69. The molecule has 0 atom stereocenters. The second kappa shape index (κ2) is 4.38. The molecule has 0 N–H and O–H groups in total. The molecule has 4 heteroatoms. The standard InChI is InChI=1S/C10H9NS3/c1-3-13-10-11-8-5-4-7(12-2)6-9(8)14-10/h3-6H,1H2,2H3. The van der Waals surface area contributed by atoms with Crippen molar-refractivity contribution < 1.29 is 0 Å². The Kier molecular flexibility index (Phi) is 3.15. The highest BCUT2D eigenvalue weighted by molar-refractivity contribution is 8.03. The first kappa shape index (κ1) is 10.1. The molecular weight excluding hydrogens is 230 g/mol. The minimum Gasteiger partial charge on any atom is -0.229 e. The predicted molar refractivity (Wildman–Crippen MR) is 67.5 cm³/mol. The van der Waals surface area contributed by atoms with Gasteiger partial charge >= 0.3 is 0 Å². The fourth-order valence-corrected chi connectivity index (χ4v) is 3.34. The maximum Gasteiger partial charge on any atom is 0.155 e. The fraction of sp³-hybridized carbons (Fsp3) is 0.100. The third-order valence-corrected chi connectivity index (χ3v) is 4.30. The number of hydrogen-bond donors (Lipinski definition) is 0. The van der Waals surface area contributed by atoms with Crippen molar-refractivity contribution in [2.45, 2.75) is 9.24 Å². The summed E-state index contributed by atoms with van der Waals surface area (Å²) in [5.74, 6) is 0. The number of fused-ring (bicyclic) bond motifs is 1. The molecule has 1 aromatic heterocycles. The number of thiazole rings is 1. The van der Waals surface area contributed by atoms with Gasteiger partial charge < -0.3 is 0 Å². The van der Waals surface area contributed by atoms with E-state index in [1.165, 1.54) is 9.60 Å². The summed E-state index contributed by atoms with van der Waals surface area (Å²) in [7, 11) is 0. The predicted octanol–water partition coefficient (Wildman–Crippen LogP) is 4.25. The highest BCUT2D eigenvalue weighted by Gasteiger charge is 2.03. The molecule has 0 saturated heterocycles. The molecule has 72 valence electrons. The van der Waals surface area contributed by atoms with Crippen LogP contribution in [0.25, 0.3) is 10.2 Å². The van der Waals surface area contributed by atoms with Crippen LogP contribution >= 0.6 is 34.9 Å². The maximum absolute atomic E-state index is 4.48. The van der Waals surface area contributed by atoms with E-state index in [2.05, 4.69) is 36.0 Å². The molecule has 0 aliphatic carbocycles. The summed E-state index contributed by atoms with van der Waals surface area (Å²) in [4.78, 5) is 5.77. The van der Waals surface area contributed by atoms with Gasteiger partial charge in [0.2, 0.25) is 0 Å². The molecule has 1 aromatic carbocycles. The fourth-order valence-electron chi connectivity index (χ4n) is 1.13. The zero-order valence-electron chi connectivity index (χ0n) is 7.69. The van der Waals surface area contributed by atoms with E-state index in [1.807, 2.05) is 5.41 Å². The van der Waals surface area contributed by atoms with Gasteiger partial charge in [-0.1, -0.05) is 18.3 Å². The van der Waals surface area contributed by atoms with Crippen molar-refractivity contribution in [3.63, 3.8) is 0 Å². The van der Waals surface area contributed by atoms with Crippen LogP contribution in [0.5, 0.6) is 0 Å². The van der Waals surface area contributed by atoms with Crippen LogP contribution in [0.4, 0.5) is 0 Å². The molecule has 2 aromatic rings. The van der Waals surface area contributed by atoms with Crippen molar-refractivity contribution in [2.24, 2.45) is 0 Å². The van der Waals surface area contributed by atoms with Crippen molar-refractivity contribution in [1.82, 2.24) is 4.98 Å². The second-order valence-corrected chi connectivity index (χ2v) is 5.72. The van der Waals surface area contributed by atoms with Gasteiger partial charge in [-0.15, -0.1) is 23.1 Å². The van der Waals surface area contributed by atoms with Gasteiger partial charge in [0.15, 0.2) is 4.34 Å². The number of rotatable bonds is 3. The van der Waals surface area contributed by atoms with Crippen LogP contribution in [-0.4, -0.2) is 11.2 Å². The average Bonchev–Trinajstić information content (AvgIpc) is 2.59. The summed E-state index contributed by atoms with van der Waals surface area (Å²) in [5.41, 5.74) is 1.08. The van der Waals surface area contributed by atoms with Crippen LogP contribution < -0.4 is 0 Å². The Balaban J connectivity index is 2.48. The molecule has 14 heavy (non-hydrogen) atoms. The van der Waals surface area contributed by atoms with Gasteiger partial charge in [0.25, 0.3) is 0 Å². The monoisotopic (exact) mass is 239 g/mol. The van der Waals surface area contributed by atoms with Gasteiger partial charge in [0.1, 0.15) is 0 Å². The molecule has 1 heterocycles. The molecule has 0 bridgehead atoms. The smallest absolute Gasteiger partial charge is 0.155 e. The second-order valence-electron chi connectivity index (χ2n) is 2.60. The minimum atomic E-state index is 1.06. The summed E-state index contributed by atoms with van der Waals surface area (Å²) < 4.78 is 2.31. The molecule has 0 aliphatic rings. The van der Waals surface area contributed by atoms with E-state index < -0.39 is 0 Å². The molecule has 0 amide bonds. The van der Waals surface area contributed by atoms with E-state index in [1.54, 1.807) is 34.9 Å². The van der Waals surface area contributed by atoms with E-state index in [0.717, 1.165) is 9.86 Å². The van der Waals surface area contributed by atoms with Gasteiger partial charge in [-0.3, -0.25) is 0 Å². The first-order chi connectivity index (χ1) is 6.83. The van der Waals surface area contributed by atoms with E-state index in [0.29, 0.717) is 0 Å². The summed E-state index contributed by atoms with van der Waals surface area (Å²) in [5, 5.41) is 1.81. The lowest BCUT2D eigenvalue weighted by Gasteiger charge is -1.92. The highest BCUT2D eigenvalue weighted by atomic mass is 32.2. The normalized spacial score (nSPS) is 10.6. The Hall–Kier alpha value is -0.450. The average molecular weight is 239 g/mol. The third kappa shape index (κ3) is 1.97. The minimum absolute atomic E-state index is 1.06. The maximum atomic E-state index is 4.48. The van der Waals surface area contributed by atoms with E-state index in [4.69, 9.17) is 0 Å². The number of benzene rings is 1. The lowest BCUT2D eigenvalue weighted by molar-refractivity contribution is 1.31. The lowest BCUT2D eigenvalue weighted by Crippen LogP contribution is -1.69. The zero-order valence-corrected chi connectivity index (χ0v) is 10.1. The van der Waals surface area contributed by atoms with Crippen LogP contribution in [0.3, 0.4) is 0 Å². The molecule has 0 saturated carbocycles. The van der Waals surface area contributed by atoms with E-state index in [9.17, 15) is 0 Å². The summed E-state index contributed by atoms with van der Waals surface area (Å²) >= 11 is 5.06. The van der Waals surface area contributed by atoms with Gasteiger partial charge in [-0.05, 0) is 29.9 Å². The molecule has 0 aliphatic heterocycles. The number of hydrogen-bond acceptors (Lipinski definition) is 4. The number of aromatic nitrogens is 1. The topological polar surface area (TPSA) is 12.9 Å². The molecule has 0 fully saturated rings. The number of thioether (sulfide) groups is 2. The Morgan fingerprint density at radius 2 is 2.36 bits per heavy atom. The summed E-state index contributed by atoms with van der Waals surface area (Å²) in [6.07, 6.45) is 2.08. The molecule has 0 unspecified atom stereocenters. The SMILES string of the molecule is C=CSc1nc2ccc(SC)cc2s1. The first-order valence-corrected chi connectivity index (χ1v) is 6.97. The molecular formula is C10H9NS3. The molecule has 2 rings (SSSR count). The van der Waals surface area contributed by atoms with Gasteiger partial charge in [-0.25, -0.2) is 4.98 Å². The Morgan fingerprint density at radius 1 is 1.50 bits per heavy atom. The van der Waals surface area contributed by atoms with Crippen molar-refractivity contribution in [3.05, 3.63) is 30.2 Å². The van der Waals surface area contributed by atoms with Crippen LogP contribution in [0, 0.1) is 0 Å². The summed E-state index contributed by atoms with van der Waals surface area (Å²) in [6, 6.07) is 6.37. The van der Waals surface area contributed by atoms with Gasteiger partial charge in [-0.2, -0.15) is 0 Å².